The topological polar surface area (TPSA) is 78.4 Å². The second-order valence-electron chi connectivity index (χ2n) is 5.28. The van der Waals surface area contributed by atoms with Crippen LogP contribution in [0.15, 0.2) is 6.07 Å². The Kier molecular flexibility index (Phi) is 5.13. The van der Waals surface area contributed by atoms with E-state index in [1.165, 1.54) is 10.6 Å². The smallest absolute Gasteiger partial charge is 0.211 e. The van der Waals surface area contributed by atoms with Gasteiger partial charge in [-0.3, -0.25) is 4.90 Å². The summed E-state index contributed by atoms with van der Waals surface area (Å²) in [6.45, 7) is 7.94. The predicted octanol–water partition coefficient (Wildman–Crippen LogP) is 0.294. The van der Waals surface area contributed by atoms with Crippen LogP contribution in [-0.4, -0.2) is 66.6 Å². The molecule has 1 saturated heterocycles. The lowest BCUT2D eigenvalue weighted by molar-refractivity contribution is 0.178. The zero-order chi connectivity index (χ0) is 15.5. The van der Waals surface area contributed by atoms with Gasteiger partial charge in [0.1, 0.15) is 11.6 Å². The molecule has 7 nitrogen and oxygen atoms in total. The molecule has 0 aromatic carbocycles. The monoisotopic (exact) mass is 313 g/mol. The first-order valence-corrected chi connectivity index (χ1v) is 8.99. The lowest BCUT2D eigenvalue weighted by Crippen LogP contribution is -2.48. The fourth-order valence-electron chi connectivity index (χ4n) is 2.39. The highest BCUT2D eigenvalue weighted by atomic mass is 32.2. The third kappa shape index (κ3) is 4.62. The third-order valence-corrected chi connectivity index (χ3v) is 4.73. The minimum atomic E-state index is -3.08. The van der Waals surface area contributed by atoms with E-state index in [0.29, 0.717) is 32.7 Å². The first-order valence-electron chi connectivity index (χ1n) is 7.14. The van der Waals surface area contributed by atoms with Crippen LogP contribution >= 0.6 is 0 Å². The minimum absolute atomic E-state index is 0.532. The van der Waals surface area contributed by atoms with Crippen molar-refractivity contribution in [2.45, 2.75) is 20.4 Å². The van der Waals surface area contributed by atoms with Crippen molar-refractivity contribution >= 4 is 15.8 Å². The molecule has 2 heterocycles. The van der Waals surface area contributed by atoms with Crippen molar-refractivity contribution in [2.24, 2.45) is 0 Å². The van der Waals surface area contributed by atoms with Gasteiger partial charge in [0.05, 0.1) is 12.8 Å². The number of aryl methyl sites for hydroxylation is 1. The number of piperazine rings is 1. The van der Waals surface area contributed by atoms with Crippen LogP contribution < -0.4 is 5.32 Å². The van der Waals surface area contributed by atoms with E-state index < -0.39 is 10.0 Å². The van der Waals surface area contributed by atoms with Crippen molar-refractivity contribution in [3.05, 3.63) is 17.6 Å². The first kappa shape index (κ1) is 16.1. The Bertz CT molecular complexity index is 582. The minimum Gasteiger partial charge on any atom is -0.370 e. The number of aromatic nitrogens is 2. The van der Waals surface area contributed by atoms with Crippen LogP contribution in [-0.2, 0) is 16.6 Å². The molecule has 8 heteroatoms. The van der Waals surface area contributed by atoms with Crippen LogP contribution in [0, 0.1) is 6.92 Å². The fourth-order valence-corrected chi connectivity index (χ4v) is 3.22. The summed E-state index contributed by atoms with van der Waals surface area (Å²) in [4.78, 5) is 11.1. The number of anilines is 1. The maximum absolute atomic E-state index is 11.5. The second-order valence-corrected chi connectivity index (χ2v) is 7.26. The third-order valence-electron chi connectivity index (χ3n) is 3.42. The Labute approximate surface area is 126 Å². The Hall–Kier alpha value is -1.25. The quantitative estimate of drug-likeness (QED) is 0.842. The largest absolute Gasteiger partial charge is 0.370 e. The van der Waals surface area contributed by atoms with Gasteiger partial charge in [-0.1, -0.05) is 0 Å². The van der Waals surface area contributed by atoms with Crippen molar-refractivity contribution in [1.82, 2.24) is 19.2 Å². The van der Waals surface area contributed by atoms with Gasteiger partial charge in [-0.25, -0.2) is 18.4 Å². The number of hydrogen-bond acceptors (Lipinski definition) is 6. The summed E-state index contributed by atoms with van der Waals surface area (Å²) >= 11 is 0. The van der Waals surface area contributed by atoms with Crippen LogP contribution in [0.5, 0.6) is 0 Å². The van der Waals surface area contributed by atoms with E-state index in [1.807, 2.05) is 19.9 Å². The molecule has 0 aliphatic carbocycles. The zero-order valence-electron chi connectivity index (χ0n) is 12.8. The van der Waals surface area contributed by atoms with E-state index >= 15 is 0 Å². The maximum Gasteiger partial charge on any atom is 0.211 e. The summed E-state index contributed by atoms with van der Waals surface area (Å²) < 4.78 is 24.5. The lowest BCUT2D eigenvalue weighted by atomic mass is 10.3. The molecule has 2 rings (SSSR count). The van der Waals surface area contributed by atoms with E-state index in [0.717, 1.165) is 23.9 Å². The Morgan fingerprint density at radius 3 is 2.48 bits per heavy atom. The van der Waals surface area contributed by atoms with Crippen LogP contribution in [0.4, 0.5) is 5.82 Å². The second kappa shape index (κ2) is 6.67. The van der Waals surface area contributed by atoms with Crippen LogP contribution in [0.3, 0.4) is 0 Å². The van der Waals surface area contributed by atoms with Gasteiger partial charge in [-0.2, -0.15) is 4.31 Å². The number of hydrogen-bond donors (Lipinski definition) is 1. The number of nitrogens with one attached hydrogen (secondary N) is 1. The van der Waals surface area contributed by atoms with E-state index in [2.05, 4.69) is 20.2 Å². The molecule has 1 aliphatic rings. The van der Waals surface area contributed by atoms with Gasteiger partial charge in [-0.15, -0.1) is 0 Å². The van der Waals surface area contributed by atoms with Gasteiger partial charge in [-0.05, 0) is 13.8 Å². The van der Waals surface area contributed by atoms with Gasteiger partial charge >= 0.3 is 0 Å². The molecule has 0 spiro atoms. The normalized spacial score (nSPS) is 17.9. The highest BCUT2D eigenvalue weighted by Gasteiger charge is 2.23. The molecule has 21 heavy (non-hydrogen) atoms. The number of nitrogens with zero attached hydrogens (tertiary/aromatic N) is 4. The Morgan fingerprint density at radius 1 is 1.24 bits per heavy atom. The average Bonchev–Trinajstić information content (AvgIpc) is 2.38. The zero-order valence-corrected chi connectivity index (χ0v) is 13.7. The van der Waals surface area contributed by atoms with Crippen LogP contribution in [0.2, 0.25) is 0 Å². The molecular weight excluding hydrogens is 290 g/mol. The lowest BCUT2D eigenvalue weighted by Gasteiger charge is -2.32. The van der Waals surface area contributed by atoms with E-state index in [-0.39, 0.29) is 0 Å². The molecule has 1 aromatic heterocycles. The summed E-state index contributed by atoms with van der Waals surface area (Å²) in [7, 11) is -3.08. The van der Waals surface area contributed by atoms with Gasteiger partial charge in [0.2, 0.25) is 10.0 Å². The highest BCUT2D eigenvalue weighted by Crippen LogP contribution is 2.11. The number of rotatable bonds is 5. The molecule has 118 valence electrons. The van der Waals surface area contributed by atoms with Gasteiger partial charge < -0.3 is 5.32 Å². The molecule has 0 bridgehead atoms. The first-order chi connectivity index (χ1) is 9.88. The van der Waals surface area contributed by atoms with Crippen molar-refractivity contribution in [1.29, 1.82) is 0 Å². The van der Waals surface area contributed by atoms with Gasteiger partial charge in [0, 0.05) is 44.5 Å². The molecule has 0 amide bonds. The summed E-state index contributed by atoms with van der Waals surface area (Å²) in [6, 6.07) is 1.93. The van der Waals surface area contributed by atoms with Crippen molar-refractivity contribution < 1.29 is 8.42 Å². The summed E-state index contributed by atoms with van der Waals surface area (Å²) in [5, 5.41) is 3.20. The standard InChI is InChI=1S/C13H23N5O2S/c1-4-14-12-9-11(2)15-13(16-12)10-17-5-7-18(8-6-17)21(3,19)20/h9H,4-8,10H2,1-3H3,(H,14,15,16). The predicted molar refractivity (Wildman–Crippen MR) is 82.6 cm³/mol. The molecule has 0 atom stereocenters. The maximum atomic E-state index is 11.5. The Morgan fingerprint density at radius 2 is 1.90 bits per heavy atom. The molecular formula is C13H23N5O2S. The molecule has 1 aromatic rings. The van der Waals surface area contributed by atoms with Crippen LogP contribution in [0.1, 0.15) is 18.4 Å². The molecule has 0 saturated carbocycles. The van der Waals surface area contributed by atoms with Crippen LogP contribution in [0.25, 0.3) is 0 Å². The summed E-state index contributed by atoms with van der Waals surface area (Å²) in [5.41, 5.74) is 0.936. The Balaban J connectivity index is 1.97. The molecule has 1 fully saturated rings. The average molecular weight is 313 g/mol. The SMILES string of the molecule is CCNc1cc(C)nc(CN2CCN(S(C)(=O)=O)CC2)n1. The van der Waals surface area contributed by atoms with Gasteiger partial charge in [0.15, 0.2) is 0 Å². The van der Waals surface area contributed by atoms with Gasteiger partial charge in [0.25, 0.3) is 0 Å². The summed E-state index contributed by atoms with van der Waals surface area (Å²) in [6.07, 6.45) is 1.26. The molecule has 0 radical (unpaired) electrons. The van der Waals surface area contributed by atoms with E-state index in [9.17, 15) is 8.42 Å². The van der Waals surface area contributed by atoms with E-state index in [1.54, 1.807) is 0 Å². The fraction of sp³-hybridized carbons (Fsp3) is 0.692. The van der Waals surface area contributed by atoms with Crippen molar-refractivity contribution in [3.8, 4) is 0 Å². The van der Waals surface area contributed by atoms with Crippen molar-refractivity contribution in [3.63, 3.8) is 0 Å². The van der Waals surface area contributed by atoms with E-state index in [4.69, 9.17) is 0 Å². The van der Waals surface area contributed by atoms with Crippen molar-refractivity contribution in [2.75, 3.05) is 44.3 Å². The molecule has 1 aliphatic heterocycles. The molecule has 0 unspecified atom stereocenters. The highest BCUT2D eigenvalue weighted by molar-refractivity contribution is 7.88. The molecule has 1 N–H and O–H groups in total. The summed E-state index contributed by atoms with van der Waals surface area (Å²) in [5.74, 6) is 1.62. The number of sulfonamides is 1.